The van der Waals surface area contributed by atoms with Crippen LogP contribution in [-0.4, -0.2) is 87.0 Å². The minimum Gasteiger partial charge on any atom is -0.456 e. The van der Waals surface area contributed by atoms with Crippen LogP contribution in [0.2, 0.25) is 30.7 Å². The van der Waals surface area contributed by atoms with E-state index in [2.05, 4.69) is 35.2 Å². The molecule has 2 aliphatic heterocycles. The van der Waals surface area contributed by atoms with E-state index in [9.17, 15) is 9.32 Å². The minimum atomic E-state index is -2.77. The zero-order valence-electron chi connectivity index (χ0n) is 24.8. The molecule has 0 bridgehead atoms. The maximum absolute atomic E-state index is 13.2. The number of hydrogen-bond acceptors (Lipinski definition) is 9. The summed E-state index contributed by atoms with van der Waals surface area (Å²) in [6, 6.07) is 13.7. The molecule has 11 nitrogen and oxygen atoms in total. The van der Waals surface area contributed by atoms with Crippen molar-refractivity contribution in [1.82, 2.24) is 19.5 Å². The third-order valence-corrected chi connectivity index (χ3v) is 11.2. The second-order valence-corrected chi connectivity index (χ2v) is 20.2. The quantitative estimate of drug-likeness (QED) is 0.136. The molecule has 3 aromatic heterocycles. The number of anilines is 1. The first-order valence-electron chi connectivity index (χ1n) is 14.4. The number of benzene rings is 1. The van der Waals surface area contributed by atoms with Gasteiger partial charge in [-0.1, -0.05) is 43.4 Å². The number of imidazole rings is 1. The Bertz CT molecular complexity index is 1730. The van der Waals surface area contributed by atoms with Crippen molar-refractivity contribution in [3.05, 3.63) is 59.9 Å². The van der Waals surface area contributed by atoms with Crippen LogP contribution in [0.4, 0.5) is 5.69 Å². The number of hydrogen-bond donors (Lipinski definition) is 2. The zero-order valence-corrected chi connectivity index (χ0v) is 27.4. The Morgan fingerprint density at radius 1 is 1.11 bits per heavy atom. The summed E-state index contributed by atoms with van der Waals surface area (Å²) in [5, 5.41) is 10.6. The van der Waals surface area contributed by atoms with E-state index in [-0.39, 0.29) is 19.9 Å². The van der Waals surface area contributed by atoms with Crippen LogP contribution in [0.3, 0.4) is 0 Å². The van der Waals surface area contributed by atoms with Gasteiger partial charge in [-0.3, -0.25) is 9.55 Å². The second kappa shape index (κ2) is 12.4. The summed E-state index contributed by atoms with van der Waals surface area (Å²) < 4.78 is 41.9. The van der Waals surface area contributed by atoms with Crippen LogP contribution in [0.5, 0.6) is 6.01 Å². The Balaban J connectivity index is 1.28. The highest BCUT2D eigenvalue weighted by Crippen LogP contribution is 2.34. The molecule has 0 saturated carbocycles. The van der Waals surface area contributed by atoms with E-state index in [0.29, 0.717) is 45.1 Å². The largest absolute Gasteiger partial charge is 0.456 e. The average molecular weight is 658 g/mol. The molecule has 2 saturated heterocycles. The number of aliphatic hydroxyl groups is 1. The normalized spacial score (nSPS) is 23.0. The Labute approximate surface area is 262 Å². The van der Waals surface area contributed by atoms with Gasteiger partial charge in [0.15, 0.2) is 11.8 Å². The van der Waals surface area contributed by atoms with Crippen molar-refractivity contribution in [1.29, 1.82) is 0 Å². The molecule has 14 heteroatoms. The molecule has 5 atom stereocenters. The van der Waals surface area contributed by atoms with Gasteiger partial charge in [0.25, 0.3) is 0 Å². The summed E-state index contributed by atoms with van der Waals surface area (Å²) in [6.45, 7) is 8.17. The van der Waals surface area contributed by atoms with Crippen molar-refractivity contribution in [2.75, 3.05) is 24.5 Å². The molecule has 5 heterocycles. The average Bonchev–Trinajstić information content (AvgIpc) is 3.66. The molecule has 2 aliphatic rings. The van der Waals surface area contributed by atoms with E-state index < -0.39 is 42.2 Å². The summed E-state index contributed by atoms with van der Waals surface area (Å²) in [5.41, 5.74) is 3.05. The van der Waals surface area contributed by atoms with Crippen LogP contribution >= 0.6 is 11.6 Å². The van der Waals surface area contributed by atoms with Crippen LogP contribution in [0.1, 0.15) is 0 Å². The van der Waals surface area contributed by atoms with Crippen LogP contribution in [0.25, 0.3) is 22.4 Å². The molecule has 2 N–H and O–H groups in total. The van der Waals surface area contributed by atoms with Crippen molar-refractivity contribution in [3.63, 3.8) is 0 Å². The van der Waals surface area contributed by atoms with Crippen molar-refractivity contribution >= 4 is 52.1 Å². The van der Waals surface area contributed by atoms with Crippen molar-refractivity contribution in [2.45, 2.75) is 61.7 Å². The van der Waals surface area contributed by atoms with E-state index >= 15 is 0 Å². The smallest absolute Gasteiger partial charge is 0.301 e. The van der Waals surface area contributed by atoms with E-state index in [1.807, 2.05) is 12.1 Å². The second-order valence-electron chi connectivity index (χ2n) is 12.2. The summed E-state index contributed by atoms with van der Waals surface area (Å²) in [7, 11) is -4.07. The van der Waals surface area contributed by atoms with E-state index in [1.165, 1.54) is 0 Å². The van der Waals surface area contributed by atoms with Crippen LogP contribution in [0, 0.1) is 0 Å². The zero-order chi connectivity index (χ0) is 31.1. The number of aliphatic hydroxyl groups excluding tert-OH is 1. The molecular formula is C30H36ClN5O6SSi. The standard InChI is InChI=1S/C30H36ClN5O6SSi/c1-43(38,21-9-11-32-12-10-21)35-20-7-5-19(6-8-20)26-22(31)15-23-29(34-26)36(18-39-13-14-44(2,3)4)30(33-23)42-25-17-41-27-24(37)16-40-28(25)27/h5-12,15,24-25,27-28,37H,1,13-14,16-18H2,2-4H3,(H,35,38). The Kier molecular flexibility index (Phi) is 8.72. The first-order valence-corrected chi connectivity index (χ1v) is 20.2. The number of aromatic nitrogens is 4. The molecule has 1 aromatic carbocycles. The van der Waals surface area contributed by atoms with E-state index in [4.69, 9.17) is 40.5 Å². The lowest BCUT2D eigenvalue weighted by molar-refractivity contribution is 0.00336. The first kappa shape index (κ1) is 31.0. The Morgan fingerprint density at radius 2 is 1.84 bits per heavy atom. The van der Waals surface area contributed by atoms with Gasteiger partial charge >= 0.3 is 6.01 Å². The summed E-state index contributed by atoms with van der Waals surface area (Å²) >= 11 is 6.74. The molecule has 44 heavy (non-hydrogen) atoms. The molecule has 0 aliphatic carbocycles. The maximum Gasteiger partial charge on any atom is 0.301 e. The summed E-state index contributed by atoms with van der Waals surface area (Å²) in [4.78, 5) is 14.2. The van der Waals surface area contributed by atoms with Gasteiger partial charge in [0, 0.05) is 38.3 Å². The van der Waals surface area contributed by atoms with Crippen molar-refractivity contribution < 1.29 is 28.3 Å². The predicted octanol–water partition coefficient (Wildman–Crippen LogP) is 4.47. The fourth-order valence-electron chi connectivity index (χ4n) is 5.13. The van der Waals surface area contributed by atoms with Gasteiger partial charge in [0.1, 0.15) is 30.6 Å². The number of nitrogens with zero attached hydrogens (tertiary/aromatic N) is 4. The number of rotatable bonds is 11. The first-order chi connectivity index (χ1) is 21.0. The Morgan fingerprint density at radius 3 is 2.57 bits per heavy atom. The number of nitrogens with one attached hydrogen (secondary N) is 1. The molecule has 4 aromatic rings. The summed E-state index contributed by atoms with van der Waals surface area (Å²) in [5.74, 6) is 3.87. The van der Waals surface area contributed by atoms with Gasteiger partial charge in [0.05, 0.1) is 38.5 Å². The SMILES string of the molecule is C=S(=O)(Nc1ccc(-c2nc3c(cc2Cl)nc(OC2COC4C(O)COC24)n3COCC[Si](C)(C)C)cc1)c1ccncc1. The predicted molar refractivity (Wildman–Crippen MR) is 173 cm³/mol. The summed E-state index contributed by atoms with van der Waals surface area (Å²) in [6.07, 6.45) is 1.22. The van der Waals surface area contributed by atoms with Crippen LogP contribution < -0.4 is 9.46 Å². The molecule has 0 radical (unpaired) electrons. The molecule has 5 unspecified atom stereocenters. The molecule has 2 fully saturated rings. The lowest BCUT2D eigenvalue weighted by Crippen LogP contribution is -2.35. The third-order valence-electron chi connectivity index (χ3n) is 7.57. The van der Waals surface area contributed by atoms with Gasteiger partial charge in [0.2, 0.25) is 0 Å². The molecule has 0 amide bonds. The minimum absolute atomic E-state index is 0.186. The highest BCUT2D eigenvalue weighted by atomic mass is 35.5. The van der Waals surface area contributed by atoms with Crippen molar-refractivity contribution in [3.8, 4) is 17.3 Å². The number of ether oxygens (including phenoxy) is 4. The van der Waals surface area contributed by atoms with E-state index in [0.717, 1.165) is 11.6 Å². The fourth-order valence-corrected chi connectivity index (χ4v) is 7.34. The highest BCUT2D eigenvalue weighted by Gasteiger charge is 2.49. The third kappa shape index (κ3) is 6.64. The lowest BCUT2D eigenvalue weighted by atomic mass is 10.1. The fraction of sp³-hybridized carbons (Fsp3) is 0.400. The van der Waals surface area contributed by atoms with Gasteiger partial charge < -0.3 is 28.8 Å². The number of pyridine rings is 2. The van der Waals surface area contributed by atoms with E-state index in [1.54, 1.807) is 47.3 Å². The monoisotopic (exact) mass is 657 g/mol. The van der Waals surface area contributed by atoms with Gasteiger partial charge in [-0.15, -0.1) is 0 Å². The van der Waals surface area contributed by atoms with Crippen LogP contribution in [0.15, 0.2) is 59.8 Å². The number of fused-ring (bicyclic) bond motifs is 2. The van der Waals surface area contributed by atoms with Gasteiger partial charge in [-0.05, 0) is 42.2 Å². The van der Waals surface area contributed by atoms with Crippen LogP contribution in [-0.2, 0) is 30.6 Å². The topological polar surface area (TPSA) is 130 Å². The molecule has 234 valence electrons. The maximum atomic E-state index is 13.2. The number of halogens is 1. The molecule has 0 spiro atoms. The van der Waals surface area contributed by atoms with Crippen molar-refractivity contribution in [2.24, 2.45) is 0 Å². The highest BCUT2D eigenvalue weighted by molar-refractivity contribution is 8.01. The molecule has 6 rings (SSSR count). The Hall–Kier alpha value is -3.04. The molecular weight excluding hydrogens is 622 g/mol. The lowest BCUT2D eigenvalue weighted by Gasteiger charge is -2.19. The van der Waals surface area contributed by atoms with Gasteiger partial charge in [-0.25, -0.2) is 9.19 Å². The van der Waals surface area contributed by atoms with Gasteiger partial charge in [-0.2, -0.15) is 4.98 Å².